The van der Waals surface area contributed by atoms with Gasteiger partial charge in [0.25, 0.3) is 5.56 Å². The van der Waals surface area contributed by atoms with Crippen LogP contribution in [0.4, 0.5) is 0 Å². The van der Waals surface area contributed by atoms with Crippen molar-refractivity contribution in [2.45, 2.75) is 32.9 Å². The summed E-state index contributed by atoms with van der Waals surface area (Å²) in [5.41, 5.74) is 7.12. The number of nitrogens with two attached hydrogens (primary N) is 1. The molecule has 1 heterocycles. The summed E-state index contributed by atoms with van der Waals surface area (Å²) in [7, 11) is 0. The first-order valence-corrected chi connectivity index (χ1v) is 9.20. The lowest BCUT2D eigenvalue weighted by molar-refractivity contribution is 0.316. The largest absolute Gasteiger partial charge is 0.319 e. The third-order valence-corrected chi connectivity index (χ3v) is 5.58. The number of benzene rings is 2. The van der Waals surface area contributed by atoms with Crippen LogP contribution in [0.1, 0.15) is 32.2 Å². The highest BCUT2D eigenvalue weighted by Crippen LogP contribution is 2.29. The second-order valence-electron chi connectivity index (χ2n) is 7.03. The fraction of sp³-hybridized carbons (Fsp3) is 0.300. The number of hydrogen-bond acceptors (Lipinski definition) is 3. The van der Waals surface area contributed by atoms with Crippen LogP contribution in [0, 0.1) is 5.92 Å². The van der Waals surface area contributed by atoms with Crippen LogP contribution >= 0.6 is 23.2 Å². The van der Waals surface area contributed by atoms with Gasteiger partial charge in [0.2, 0.25) is 0 Å². The molecule has 3 aromatic rings. The van der Waals surface area contributed by atoms with Crippen LogP contribution in [0.5, 0.6) is 0 Å². The van der Waals surface area contributed by atoms with Gasteiger partial charge in [0.1, 0.15) is 5.82 Å². The fourth-order valence-corrected chi connectivity index (χ4v) is 3.12. The van der Waals surface area contributed by atoms with Gasteiger partial charge < -0.3 is 5.73 Å². The van der Waals surface area contributed by atoms with Gasteiger partial charge in [0.05, 0.1) is 33.0 Å². The molecular formula is C20H21Cl2N3O. The van der Waals surface area contributed by atoms with Gasteiger partial charge in [0, 0.05) is 0 Å². The molecule has 4 nitrogen and oxygen atoms in total. The van der Waals surface area contributed by atoms with Gasteiger partial charge in [-0.3, -0.25) is 9.36 Å². The molecule has 0 aliphatic rings. The molecule has 0 spiro atoms. The van der Waals surface area contributed by atoms with E-state index in [0.29, 0.717) is 33.3 Å². The van der Waals surface area contributed by atoms with Gasteiger partial charge in [-0.25, -0.2) is 4.98 Å². The number of fused-ring (bicyclic) bond motifs is 1. The molecule has 0 aliphatic carbocycles. The number of aromatic nitrogens is 2. The first kappa shape index (κ1) is 18.9. The van der Waals surface area contributed by atoms with E-state index in [1.165, 1.54) is 0 Å². The highest BCUT2D eigenvalue weighted by Gasteiger charge is 2.31. The molecule has 1 unspecified atom stereocenters. The summed E-state index contributed by atoms with van der Waals surface area (Å²) in [6, 6.07) is 13.0. The molecule has 136 valence electrons. The van der Waals surface area contributed by atoms with E-state index in [9.17, 15) is 4.79 Å². The number of rotatable bonds is 4. The maximum atomic E-state index is 13.3. The Kier molecular flexibility index (Phi) is 5.11. The summed E-state index contributed by atoms with van der Waals surface area (Å²) in [5, 5.41) is 1.12. The molecule has 0 saturated carbocycles. The lowest BCUT2D eigenvalue weighted by Gasteiger charge is -2.31. The Bertz CT molecular complexity index is 1010. The van der Waals surface area contributed by atoms with Crippen molar-refractivity contribution in [3.05, 3.63) is 74.3 Å². The molecule has 6 heteroatoms. The SMILES string of the molecule is CC(C)C(C)(N)c1nc2cc(Cl)c(Cl)cc2c(=O)n1Cc1ccccc1. The summed E-state index contributed by atoms with van der Waals surface area (Å²) >= 11 is 12.2. The molecule has 1 aromatic heterocycles. The zero-order valence-electron chi connectivity index (χ0n) is 15.0. The number of hydrogen-bond donors (Lipinski definition) is 1. The van der Waals surface area contributed by atoms with E-state index in [1.807, 2.05) is 51.1 Å². The minimum Gasteiger partial charge on any atom is -0.319 e. The van der Waals surface area contributed by atoms with E-state index in [4.69, 9.17) is 33.9 Å². The van der Waals surface area contributed by atoms with Crippen molar-refractivity contribution in [1.82, 2.24) is 9.55 Å². The van der Waals surface area contributed by atoms with E-state index in [1.54, 1.807) is 16.7 Å². The number of nitrogens with zero attached hydrogens (tertiary/aromatic N) is 2. The minimum absolute atomic E-state index is 0.0802. The van der Waals surface area contributed by atoms with Gasteiger partial charge in [-0.05, 0) is 30.5 Å². The van der Waals surface area contributed by atoms with Gasteiger partial charge in [0.15, 0.2) is 0 Å². The third-order valence-electron chi connectivity index (χ3n) is 4.86. The fourth-order valence-electron chi connectivity index (χ4n) is 2.80. The maximum absolute atomic E-state index is 13.3. The van der Waals surface area contributed by atoms with E-state index in [0.717, 1.165) is 5.56 Å². The van der Waals surface area contributed by atoms with E-state index in [2.05, 4.69) is 0 Å². The molecule has 0 fully saturated rings. The molecular weight excluding hydrogens is 369 g/mol. The topological polar surface area (TPSA) is 60.9 Å². The first-order valence-electron chi connectivity index (χ1n) is 8.44. The Balaban J connectivity index is 2.33. The van der Waals surface area contributed by atoms with Crippen LogP contribution < -0.4 is 11.3 Å². The lowest BCUT2D eigenvalue weighted by atomic mass is 9.88. The molecule has 3 rings (SSSR count). The molecule has 0 amide bonds. The van der Waals surface area contributed by atoms with E-state index >= 15 is 0 Å². The van der Waals surface area contributed by atoms with Gasteiger partial charge in [-0.15, -0.1) is 0 Å². The Morgan fingerprint density at radius 3 is 2.38 bits per heavy atom. The van der Waals surface area contributed by atoms with Crippen molar-refractivity contribution in [3.63, 3.8) is 0 Å². The van der Waals surface area contributed by atoms with Crippen molar-refractivity contribution in [1.29, 1.82) is 0 Å². The average Bonchev–Trinajstić information content (AvgIpc) is 2.59. The smallest absolute Gasteiger partial charge is 0.261 e. The Hall–Kier alpha value is -1.88. The highest BCUT2D eigenvalue weighted by atomic mass is 35.5. The first-order chi connectivity index (χ1) is 12.2. The zero-order chi connectivity index (χ0) is 19.1. The van der Waals surface area contributed by atoms with Crippen LogP contribution in [0.15, 0.2) is 47.3 Å². The van der Waals surface area contributed by atoms with Crippen LogP contribution in [-0.2, 0) is 12.1 Å². The Morgan fingerprint density at radius 2 is 1.77 bits per heavy atom. The standard InChI is InChI=1S/C20H21Cl2N3O/c1-12(2)20(3,23)19-24-17-10-16(22)15(21)9-14(17)18(26)25(19)11-13-7-5-4-6-8-13/h4-10,12H,11,23H2,1-3H3. The summed E-state index contributed by atoms with van der Waals surface area (Å²) < 4.78 is 1.64. The monoisotopic (exact) mass is 389 g/mol. The molecule has 0 saturated heterocycles. The van der Waals surface area contributed by atoms with Crippen molar-refractivity contribution in [2.75, 3.05) is 0 Å². The van der Waals surface area contributed by atoms with Crippen molar-refractivity contribution < 1.29 is 0 Å². The average molecular weight is 390 g/mol. The molecule has 2 aromatic carbocycles. The van der Waals surface area contributed by atoms with Crippen molar-refractivity contribution >= 4 is 34.1 Å². The molecule has 2 N–H and O–H groups in total. The summed E-state index contributed by atoms with van der Waals surface area (Å²) in [6.07, 6.45) is 0. The lowest BCUT2D eigenvalue weighted by Crippen LogP contribution is -2.45. The molecule has 0 bridgehead atoms. The van der Waals surface area contributed by atoms with Crippen molar-refractivity contribution in [2.24, 2.45) is 11.7 Å². The quantitative estimate of drug-likeness (QED) is 0.709. The second-order valence-corrected chi connectivity index (χ2v) is 7.85. The highest BCUT2D eigenvalue weighted by molar-refractivity contribution is 6.42. The van der Waals surface area contributed by atoms with E-state index < -0.39 is 5.54 Å². The molecule has 0 radical (unpaired) electrons. The maximum Gasteiger partial charge on any atom is 0.261 e. The van der Waals surface area contributed by atoms with Crippen LogP contribution in [-0.4, -0.2) is 9.55 Å². The van der Waals surface area contributed by atoms with Crippen LogP contribution in [0.2, 0.25) is 10.0 Å². The second kappa shape index (κ2) is 7.03. The predicted octanol–water partition coefficient (Wildman–Crippen LogP) is 4.58. The number of halogens is 2. The van der Waals surface area contributed by atoms with Crippen molar-refractivity contribution in [3.8, 4) is 0 Å². The predicted molar refractivity (Wildman–Crippen MR) is 108 cm³/mol. The Morgan fingerprint density at radius 1 is 1.15 bits per heavy atom. The molecule has 1 atom stereocenters. The van der Waals surface area contributed by atoms with E-state index in [-0.39, 0.29) is 11.5 Å². The minimum atomic E-state index is -0.783. The summed E-state index contributed by atoms with van der Waals surface area (Å²) in [5.74, 6) is 0.615. The third kappa shape index (κ3) is 3.37. The zero-order valence-corrected chi connectivity index (χ0v) is 16.5. The van der Waals surface area contributed by atoms with Crippen LogP contribution in [0.3, 0.4) is 0 Å². The molecule has 26 heavy (non-hydrogen) atoms. The summed E-state index contributed by atoms with van der Waals surface area (Å²) in [4.78, 5) is 18.0. The molecule has 0 aliphatic heterocycles. The van der Waals surface area contributed by atoms with Gasteiger partial charge >= 0.3 is 0 Å². The van der Waals surface area contributed by atoms with Gasteiger partial charge in [-0.1, -0.05) is 67.4 Å². The Labute approximate surface area is 162 Å². The van der Waals surface area contributed by atoms with Crippen LogP contribution in [0.25, 0.3) is 10.9 Å². The van der Waals surface area contributed by atoms with Gasteiger partial charge in [-0.2, -0.15) is 0 Å². The summed E-state index contributed by atoms with van der Waals surface area (Å²) in [6.45, 7) is 6.30. The normalized spacial score (nSPS) is 14.0.